The molecule has 24 heavy (non-hydrogen) atoms. The third-order valence-electron chi connectivity index (χ3n) is 3.34. The van der Waals surface area contributed by atoms with Crippen molar-refractivity contribution in [2.24, 2.45) is 0 Å². The van der Waals surface area contributed by atoms with Gasteiger partial charge in [0.1, 0.15) is 24.1 Å². The van der Waals surface area contributed by atoms with Crippen molar-refractivity contribution in [2.45, 2.75) is 13.5 Å². The lowest BCUT2D eigenvalue weighted by atomic mass is 10.2. The smallest absolute Gasteiger partial charge is 0.378 e. The summed E-state index contributed by atoms with van der Waals surface area (Å²) < 4.78 is 32.9. The maximum atomic E-state index is 13.5. The highest BCUT2D eigenvalue weighted by Gasteiger charge is 2.17. The zero-order valence-electron chi connectivity index (χ0n) is 12.7. The molecule has 0 bridgehead atoms. The van der Waals surface area contributed by atoms with Gasteiger partial charge < -0.3 is 4.74 Å². The number of aryl methyl sites for hydroxylation is 1. The molecule has 0 aliphatic carbocycles. The van der Waals surface area contributed by atoms with Gasteiger partial charge >= 0.3 is 5.97 Å². The summed E-state index contributed by atoms with van der Waals surface area (Å²) in [5.41, 5.74) is 0.829. The minimum absolute atomic E-state index is 0.145. The number of hydrogen-bond acceptors (Lipinski definition) is 4. The SMILES string of the molecule is Cc1nc(C(=O)OCc2ccccc2F)nn1-c1ccc(F)cc1. The van der Waals surface area contributed by atoms with Crippen molar-refractivity contribution in [1.29, 1.82) is 0 Å². The topological polar surface area (TPSA) is 57.0 Å². The van der Waals surface area contributed by atoms with E-state index in [9.17, 15) is 13.6 Å². The molecule has 0 amide bonds. The Balaban J connectivity index is 1.75. The monoisotopic (exact) mass is 329 g/mol. The molecule has 0 atom stereocenters. The van der Waals surface area contributed by atoms with Gasteiger partial charge in [0, 0.05) is 5.56 Å². The second kappa shape index (κ2) is 6.57. The van der Waals surface area contributed by atoms with Crippen LogP contribution in [0, 0.1) is 18.6 Å². The van der Waals surface area contributed by atoms with E-state index in [0.29, 0.717) is 11.5 Å². The summed E-state index contributed by atoms with van der Waals surface area (Å²) in [7, 11) is 0. The number of esters is 1. The second-order valence-electron chi connectivity index (χ2n) is 5.04. The van der Waals surface area contributed by atoms with Gasteiger partial charge in [-0.1, -0.05) is 18.2 Å². The lowest BCUT2D eigenvalue weighted by Crippen LogP contribution is -2.09. The van der Waals surface area contributed by atoms with Crippen molar-refractivity contribution in [3.63, 3.8) is 0 Å². The van der Waals surface area contributed by atoms with Crippen LogP contribution in [-0.4, -0.2) is 20.7 Å². The van der Waals surface area contributed by atoms with Crippen LogP contribution in [0.3, 0.4) is 0 Å². The van der Waals surface area contributed by atoms with Crippen LogP contribution in [0.15, 0.2) is 48.5 Å². The van der Waals surface area contributed by atoms with E-state index in [2.05, 4.69) is 10.1 Å². The number of aromatic nitrogens is 3. The van der Waals surface area contributed by atoms with Gasteiger partial charge in [-0.25, -0.2) is 23.2 Å². The van der Waals surface area contributed by atoms with Gasteiger partial charge in [-0.2, -0.15) is 0 Å². The molecule has 0 radical (unpaired) electrons. The van der Waals surface area contributed by atoms with E-state index in [4.69, 9.17) is 4.74 Å². The van der Waals surface area contributed by atoms with Crippen molar-refractivity contribution in [1.82, 2.24) is 14.8 Å². The Kier molecular flexibility index (Phi) is 4.33. The summed E-state index contributed by atoms with van der Waals surface area (Å²) in [6, 6.07) is 11.6. The van der Waals surface area contributed by atoms with E-state index in [1.807, 2.05) is 0 Å². The first-order valence-electron chi connectivity index (χ1n) is 7.15. The van der Waals surface area contributed by atoms with E-state index in [1.165, 1.54) is 41.1 Å². The quantitative estimate of drug-likeness (QED) is 0.690. The number of carbonyl (C=O) groups excluding carboxylic acids is 1. The Labute approximate surface area is 136 Å². The molecule has 0 fully saturated rings. The van der Waals surface area contributed by atoms with Crippen LogP contribution >= 0.6 is 0 Å². The van der Waals surface area contributed by atoms with Gasteiger partial charge in [0.2, 0.25) is 0 Å². The predicted molar refractivity (Wildman–Crippen MR) is 81.6 cm³/mol. The number of nitrogens with zero attached hydrogens (tertiary/aromatic N) is 3. The average molecular weight is 329 g/mol. The Hall–Kier alpha value is -3.09. The average Bonchev–Trinajstić information content (AvgIpc) is 2.96. The van der Waals surface area contributed by atoms with Crippen LogP contribution in [-0.2, 0) is 11.3 Å². The molecule has 122 valence electrons. The molecule has 0 saturated carbocycles. The number of benzene rings is 2. The summed E-state index contributed by atoms with van der Waals surface area (Å²) >= 11 is 0. The van der Waals surface area contributed by atoms with Crippen LogP contribution in [0.1, 0.15) is 22.0 Å². The Morgan fingerprint density at radius 3 is 2.54 bits per heavy atom. The fourth-order valence-corrected chi connectivity index (χ4v) is 2.13. The van der Waals surface area contributed by atoms with Crippen LogP contribution < -0.4 is 0 Å². The van der Waals surface area contributed by atoms with Crippen molar-refractivity contribution in [3.8, 4) is 5.69 Å². The van der Waals surface area contributed by atoms with Crippen LogP contribution in [0.2, 0.25) is 0 Å². The molecule has 0 aliphatic rings. The third-order valence-corrected chi connectivity index (χ3v) is 3.34. The molecule has 5 nitrogen and oxygen atoms in total. The molecule has 0 unspecified atom stereocenters. The summed E-state index contributed by atoms with van der Waals surface area (Å²) in [5.74, 6) is -1.29. The molecule has 0 spiro atoms. The van der Waals surface area contributed by atoms with Crippen molar-refractivity contribution in [3.05, 3.63) is 77.4 Å². The summed E-state index contributed by atoms with van der Waals surface area (Å²) in [6.45, 7) is 1.44. The first kappa shape index (κ1) is 15.8. The van der Waals surface area contributed by atoms with Crippen molar-refractivity contribution in [2.75, 3.05) is 0 Å². The van der Waals surface area contributed by atoms with Crippen LogP contribution in [0.25, 0.3) is 5.69 Å². The van der Waals surface area contributed by atoms with Crippen LogP contribution in [0.4, 0.5) is 8.78 Å². The maximum Gasteiger partial charge on any atom is 0.378 e. The molecule has 3 aromatic rings. The maximum absolute atomic E-state index is 13.5. The molecule has 0 N–H and O–H groups in total. The number of rotatable bonds is 4. The summed E-state index contributed by atoms with van der Waals surface area (Å²) in [6.07, 6.45) is 0. The van der Waals surface area contributed by atoms with E-state index in [1.54, 1.807) is 19.1 Å². The fourth-order valence-electron chi connectivity index (χ4n) is 2.13. The fraction of sp³-hybridized carbons (Fsp3) is 0.118. The first-order valence-corrected chi connectivity index (χ1v) is 7.15. The van der Waals surface area contributed by atoms with E-state index in [0.717, 1.165) is 0 Å². The highest BCUT2D eigenvalue weighted by atomic mass is 19.1. The summed E-state index contributed by atoms with van der Waals surface area (Å²) in [4.78, 5) is 16.1. The zero-order valence-corrected chi connectivity index (χ0v) is 12.7. The number of hydrogen-bond donors (Lipinski definition) is 0. The highest BCUT2D eigenvalue weighted by molar-refractivity contribution is 5.85. The molecule has 1 aromatic heterocycles. The van der Waals surface area contributed by atoms with Gasteiger partial charge in [-0.15, -0.1) is 5.10 Å². The molecule has 0 saturated heterocycles. The largest absolute Gasteiger partial charge is 0.455 e. The number of ether oxygens (including phenoxy) is 1. The standard InChI is InChI=1S/C17H13F2N3O2/c1-11-20-16(21-22(11)14-8-6-13(18)7-9-14)17(23)24-10-12-4-2-3-5-15(12)19/h2-9H,10H2,1H3. The van der Waals surface area contributed by atoms with Gasteiger partial charge in [-0.3, -0.25) is 0 Å². The molecular weight excluding hydrogens is 316 g/mol. The van der Waals surface area contributed by atoms with E-state index >= 15 is 0 Å². The Morgan fingerprint density at radius 2 is 1.83 bits per heavy atom. The molecule has 7 heteroatoms. The van der Waals surface area contributed by atoms with E-state index < -0.39 is 11.8 Å². The minimum atomic E-state index is -0.762. The van der Waals surface area contributed by atoms with Crippen molar-refractivity contribution >= 4 is 5.97 Å². The normalized spacial score (nSPS) is 10.6. The van der Waals surface area contributed by atoms with Crippen molar-refractivity contribution < 1.29 is 18.3 Å². The van der Waals surface area contributed by atoms with Crippen LogP contribution in [0.5, 0.6) is 0 Å². The first-order chi connectivity index (χ1) is 11.5. The molecule has 2 aromatic carbocycles. The second-order valence-corrected chi connectivity index (χ2v) is 5.04. The minimum Gasteiger partial charge on any atom is -0.455 e. The predicted octanol–water partition coefficient (Wildman–Crippen LogP) is 3.21. The van der Waals surface area contributed by atoms with Gasteiger partial charge in [0.25, 0.3) is 5.82 Å². The molecule has 0 aliphatic heterocycles. The molecule has 3 rings (SSSR count). The van der Waals surface area contributed by atoms with Gasteiger partial charge in [0.15, 0.2) is 0 Å². The lowest BCUT2D eigenvalue weighted by Gasteiger charge is -2.03. The number of carbonyl (C=O) groups is 1. The zero-order chi connectivity index (χ0) is 17.1. The Morgan fingerprint density at radius 1 is 1.12 bits per heavy atom. The molecular formula is C17H13F2N3O2. The summed E-state index contributed by atoms with van der Waals surface area (Å²) in [5, 5.41) is 4.06. The third kappa shape index (κ3) is 3.29. The number of halogens is 2. The Bertz CT molecular complexity index is 876. The van der Waals surface area contributed by atoms with E-state index in [-0.39, 0.29) is 23.8 Å². The van der Waals surface area contributed by atoms with Gasteiger partial charge in [-0.05, 0) is 37.3 Å². The molecule has 1 heterocycles. The van der Waals surface area contributed by atoms with Gasteiger partial charge in [0.05, 0.1) is 5.69 Å². The highest BCUT2D eigenvalue weighted by Crippen LogP contribution is 2.12. The lowest BCUT2D eigenvalue weighted by molar-refractivity contribution is 0.0454.